The lowest BCUT2D eigenvalue weighted by molar-refractivity contribution is -0.142. The molecule has 0 radical (unpaired) electrons. The minimum Gasteiger partial charge on any atom is -0.368 e. The predicted molar refractivity (Wildman–Crippen MR) is 115 cm³/mol. The van der Waals surface area contributed by atoms with Gasteiger partial charge in [0.15, 0.2) is 0 Å². The quantitative estimate of drug-likeness (QED) is 0.673. The molecule has 5 rings (SSSR count). The van der Waals surface area contributed by atoms with Gasteiger partial charge >= 0.3 is 0 Å². The van der Waals surface area contributed by atoms with E-state index < -0.39 is 0 Å². The van der Waals surface area contributed by atoms with Crippen LogP contribution in [-0.4, -0.2) is 83.3 Å². The number of nitrogens with zero attached hydrogens (tertiary/aromatic N) is 3. The summed E-state index contributed by atoms with van der Waals surface area (Å²) in [5.74, 6) is -0.678. The number of carbonyl (C=O) groups excluding carboxylic acids is 4. The lowest BCUT2D eigenvalue weighted by atomic mass is 9.94. The van der Waals surface area contributed by atoms with Crippen LogP contribution < -0.4 is 0 Å². The first kappa shape index (κ1) is 21.1. The highest BCUT2D eigenvalue weighted by Crippen LogP contribution is 2.31. The highest BCUT2D eigenvalue weighted by Gasteiger charge is 2.41. The largest absolute Gasteiger partial charge is 0.368 e. The summed E-state index contributed by atoms with van der Waals surface area (Å²) in [5.41, 5.74) is 1.14. The van der Waals surface area contributed by atoms with E-state index >= 15 is 0 Å². The van der Waals surface area contributed by atoms with E-state index in [1.54, 1.807) is 28.0 Å². The van der Waals surface area contributed by atoms with Gasteiger partial charge < -0.3 is 14.5 Å². The molecule has 0 aromatic heterocycles. The Balaban J connectivity index is 1.25. The van der Waals surface area contributed by atoms with Crippen molar-refractivity contribution in [3.05, 3.63) is 34.9 Å². The van der Waals surface area contributed by atoms with Crippen molar-refractivity contribution in [2.75, 3.05) is 32.8 Å². The SMILES string of the molecule is O=C(c1ccc2c(c1)C(=O)N(C1CCCCC1)C2=O)N1CCN(C(=O)C2CCCO2)CC1. The van der Waals surface area contributed by atoms with E-state index in [-0.39, 0.29) is 35.8 Å². The molecule has 2 saturated heterocycles. The second-order valence-electron chi connectivity index (χ2n) is 9.15. The Hall–Kier alpha value is -2.74. The molecule has 1 saturated carbocycles. The van der Waals surface area contributed by atoms with Crippen molar-refractivity contribution in [1.82, 2.24) is 14.7 Å². The molecule has 0 spiro atoms. The van der Waals surface area contributed by atoms with Crippen molar-refractivity contribution >= 4 is 23.6 Å². The molecule has 3 fully saturated rings. The summed E-state index contributed by atoms with van der Waals surface area (Å²) in [6.45, 7) is 2.46. The highest BCUT2D eigenvalue weighted by molar-refractivity contribution is 6.22. The van der Waals surface area contributed by atoms with Gasteiger partial charge in [0.25, 0.3) is 23.6 Å². The zero-order chi connectivity index (χ0) is 22.2. The third-order valence-corrected chi connectivity index (χ3v) is 7.19. The molecular formula is C24H29N3O5. The Kier molecular flexibility index (Phi) is 5.71. The number of rotatable bonds is 3. The maximum Gasteiger partial charge on any atom is 0.261 e. The third-order valence-electron chi connectivity index (χ3n) is 7.19. The molecule has 8 nitrogen and oxygen atoms in total. The van der Waals surface area contributed by atoms with E-state index in [0.29, 0.717) is 49.5 Å². The average molecular weight is 440 g/mol. The second-order valence-corrected chi connectivity index (χ2v) is 9.15. The first-order valence-corrected chi connectivity index (χ1v) is 11.8. The number of piperazine rings is 1. The lowest BCUT2D eigenvalue weighted by Crippen LogP contribution is -2.52. The fourth-order valence-electron chi connectivity index (χ4n) is 5.35. The molecule has 0 bridgehead atoms. The van der Waals surface area contributed by atoms with Crippen LogP contribution in [0.15, 0.2) is 18.2 Å². The van der Waals surface area contributed by atoms with E-state index in [0.717, 1.165) is 44.9 Å². The Bertz CT molecular complexity index is 941. The average Bonchev–Trinajstić information content (AvgIpc) is 3.46. The van der Waals surface area contributed by atoms with Crippen LogP contribution in [0.4, 0.5) is 0 Å². The van der Waals surface area contributed by atoms with Gasteiger partial charge in [-0.15, -0.1) is 0 Å². The molecule has 170 valence electrons. The predicted octanol–water partition coefficient (Wildman–Crippen LogP) is 2.08. The number of fused-ring (bicyclic) bond motifs is 1. The van der Waals surface area contributed by atoms with Crippen LogP contribution in [0.2, 0.25) is 0 Å². The van der Waals surface area contributed by atoms with E-state index in [9.17, 15) is 19.2 Å². The number of ether oxygens (including phenoxy) is 1. The van der Waals surface area contributed by atoms with Gasteiger partial charge in [0, 0.05) is 44.4 Å². The Labute approximate surface area is 187 Å². The second kappa shape index (κ2) is 8.65. The lowest BCUT2D eigenvalue weighted by Gasteiger charge is -2.35. The molecule has 32 heavy (non-hydrogen) atoms. The van der Waals surface area contributed by atoms with Crippen molar-refractivity contribution in [2.24, 2.45) is 0 Å². The molecule has 8 heteroatoms. The van der Waals surface area contributed by atoms with E-state index in [1.807, 2.05) is 0 Å². The molecule has 3 heterocycles. The van der Waals surface area contributed by atoms with E-state index in [2.05, 4.69) is 0 Å². The van der Waals surface area contributed by atoms with Gasteiger partial charge in [-0.2, -0.15) is 0 Å². The molecule has 1 atom stereocenters. The zero-order valence-electron chi connectivity index (χ0n) is 18.3. The van der Waals surface area contributed by atoms with Crippen LogP contribution in [-0.2, 0) is 9.53 Å². The summed E-state index contributed by atoms with van der Waals surface area (Å²) >= 11 is 0. The molecular weight excluding hydrogens is 410 g/mol. The zero-order valence-corrected chi connectivity index (χ0v) is 18.3. The molecule has 1 aromatic rings. The molecule has 4 amide bonds. The van der Waals surface area contributed by atoms with Gasteiger partial charge in [0.05, 0.1) is 11.1 Å². The topological polar surface area (TPSA) is 87.2 Å². The van der Waals surface area contributed by atoms with E-state index in [4.69, 9.17) is 4.74 Å². The van der Waals surface area contributed by atoms with Crippen LogP contribution in [0.3, 0.4) is 0 Å². The number of hydrogen-bond donors (Lipinski definition) is 0. The molecule has 1 unspecified atom stereocenters. The summed E-state index contributed by atoms with van der Waals surface area (Å²) in [6.07, 6.45) is 6.24. The highest BCUT2D eigenvalue weighted by atomic mass is 16.5. The van der Waals surface area contributed by atoms with Gasteiger partial charge in [-0.05, 0) is 43.9 Å². The van der Waals surface area contributed by atoms with Crippen LogP contribution in [0.1, 0.15) is 76.0 Å². The first-order valence-electron chi connectivity index (χ1n) is 11.8. The maximum absolute atomic E-state index is 13.1. The fraction of sp³-hybridized carbons (Fsp3) is 0.583. The van der Waals surface area contributed by atoms with Crippen LogP contribution in [0, 0.1) is 0 Å². The fourth-order valence-corrected chi connectivity index (χ4v) is 5.35. The van der Waals surface area contributed by atoms with Gasteiger partial charge in [-0.1, -0.05) is 19.3 Å². The minimum absolute atomic E-state index is 0.0130. The van der Waals surface area contributed by atoms with Crippen molar-refractivity contribution in [3.63, 3.8) is 0 Å². The van der Waals surface area contributed by atoms with Crippen molar-refractivity contribution in [3.8, 4) is 0 Å². The summed E-state index contributed by atoms with van der Waals surface area (Å²) in [5, 5.41) is 0. The Morgan fingerprint density at radius 1 is 0.812 bits per heavy atom. The monoisotopic (exact) mass is 439 g/mol. The first-order chi connectivity index (χ1) is 15.5. The molecule has 1 aliphatic carbocycles. The third kappa shape index (κ3) is 3.70. The number of carbonyl (C=O) groups is 4. The summed E-state index contributed by atoms with van der Waals surface area (Å²) < 4.78 is 5.49. The molecule has 3 aliphatic heterocycles. The normalized spacial score (nSPS) is 24.2. The standard InChI is InChI=1S/C24H29N3O5/c28-21(25-10-12-26(13-11-25)24(31)20-7-4-14-32-20)16-8-9-18-19(15-16)23(30)27(22(18)29)17-5-2-1-3-6-17/h8-9,15,17,20H,1-7,10-14H2. The van der Waals surface area contributed by atoms with Crippen LogP contribution in [0.25, 0.3) is 0 Å². The smallest absolute Gasteiger partial charge is 0.261 e. The van der Waals surface area contributed by atoms with Crippen molar-refractivity contribution in [2.45, 2.75) is 57.1 Å². The number of benzene rings is 1. The van der Waals surface area contributed by atoms with Crippen LogP contribution in [0.5, 0.6) is 0 Å². The summed E-state index contributed by atoms with van der Waals surface area (Å²) in [7, 11) is 0. The van der Waals surface area contributed by atoms with Gasteiger partial charge in [0.1, 0.15) is 6.10 Å². The molecule has 1 aromatic carbocycles. The van der Waals surface area contributed by atoms with Crippen LogP contribution >= 0.6 is 0 Å². The Morgan fingerprint density at radius 3 is 2.19 bits per heavy atom. The maximum atomic E-state index is 13.1. The Morgan fingerprint density at radius 2 is 1.50 bits per heavy atom. The number of hydrogen-bond acceptors (Lipinski definition) is 5. The van der Waals surface area contributed by atoms with E-state index in [1.165, 1.54) is 4.90 Å². The van der Waals surface area contributed by atoms with Gasteiger partial charge in [-0.3, -0.25) is 24.1 Å². The minimum atomic E-state index is -0.343. The van der Waals surface area contributed by atoms with Gasteiger partial charge in [0.2, 0.25) is 0 Å². The number of amides is 4. The van der Waals surface area contributed by atoms with Crippen molar-refractivity contribution < 1.29 is 23.9 Å². The summed E-state index contributed by atoms with van der Waals surface area (Å²) in [6, 6.07) is 4.79. The summed E-state index contributed by atoms with van der Waals surface area (Å²) in [4.78, 5) is 56.4. The molecule has 0 N–H and O–H groups in total. The number of imide groups is 1. The van der Waals surface area contributed by atoms with Gasteiger partial charge in [-0.25, -0.2) is 0 Å². The van der Waals surface area contributed by atoms with Crippen molar-refractivity contribution in [1.29, 1.82) is 0 Å². The molecule has 4 aliphatic rings.